The van der Waals surface area contributed by atoms with Crippen molar-refractivity contribution in [3.8, 4) is 5.69 Å². The number of hydrogen-bond donors (Lipinski definition) is 3. The number of carbonyl (C=O) groups is 3. The molecule has 186 valence electrons. The monoisotopic (exact) mass is 518 g/mol. The number of pyridine rings is 1. The number of aromatic amines is 1. The number of aromatic carboxylic acids is 1. The van der Waals surface area contributed by atoms with Crippen LogP contribution >= 0.6 is 11.6 Å². The van der Waals surface area contributed by atoms with E-state index < -0.39 is 23.8 Å². The number of tetrazole rings is 1. The summed E-state index contributed by atoms with van der Waals surface area (Å²) < 4.78 is 1.44. The molecular formula is C25H21ClN7O4+. The fourth-order valence-electron chi connectivity index (χ4n) is 3.45. The first kappa shape index (κ1) is 25.2. The first-order valence-electron chi connectivity index (χ1n) is 11.0. The summed E-state index contributed by atoms with van der Waals surface area (Å²) in [7, 11) is 0. The van der Waals surface area contributed by atoms with Crippen molar-refractivity contribution in [3.05, 3.63) is 101 Å². The first-order valence-corrected chi connectivity index (χ1v) is 11.4. The van der Waals surface area contributed by atoms with Crippen LogP contribution in [0.25, 0.3) is 11.8 Å². The second-order valence-electron chi connectivity index (χ2n) is 7.84. The van der Waals surface area contributed by atoms with Gasteiger partial charge in [-0.05, 0) is 64.5 Å². The molecular weight excluding hydrogens is 498 g/mol. The van der Waals surface area contributed by atoms with Gasteiger partial charge in [0.1, 0.15) is 12.4 Å². The average Bonchev–Trinajstić information content (AvgIpc) is 3.43. The highest BCUT2D eigenvalue weighted by Gasteiger charge is 2.21. The summed E-state index contributed by atoms with van der Waals surface area (Å²) in [5.41, 5.74) is 2.51. The predicted octanol–water partition coefficient (Wildman–Crippen LogP) is 2.21. The van der Waals surface area contributed by atoms with Crippen molar-refractivity contribution in [2.75, 3.05) is 5.32 Å². The normalized spacial score (nSPS) is 11.7. The number of carboxylic acids is 1. The van der Waals surface area contributed by atoms with E-state index >= 15 is 0 Å². The van der Waals surface area contributed by atoms with Crippen molar-refractivity contribution >= 4 is 41.1 Å². The lowest BCUT2D eigenvalue weighted by Crippen LogP contribution is -2.44. The minimum atomic E-state index is -1.07. The van der Waals surface area contributed by atoms with Gasteiger partial charge in [-0.2, -0.15) is 4.68 Å². The average molecular weight is 519 g/mol. The summed E-state index contributed by atoms with van der Waals surface area (Å²) in [6.07, 6.45) is 7.92. The molecule has 0 aliphatic heterocycles. The molecule has 2 amide bonds. The van der Waals surface area contributed by atoms with E-state index in [1.807, 2.05) is 0 Å². The third-order valence-corrected chi connectivity index (χ3v) is 5.49. The molecule has 0 unspecified atom stereocenters. The van der Waals surface area contributed by atoms with Gasteiger partial charge in [-0.3, -0.25) is 9.59 Å². The fourth-order valence-corrected chi connectivity index (χ4v) is 3.63. The van der Waals surface area contributed by atoms with E-state index in [1.54, 1.807) is 48.8 Å². The van der Waals surface area contributed by atoms with E-state index in [0.29, 0.717) is 22.0 Å². The Balaban J connectivity index is 1.51. The molecule has 37 heavy (non-hydrogen) atoms. The largest absolute Gasteiger partial charge is 0.478 e. The summed E-state index contributed by atoms with van der Waals surface area (Å²) in [6, 6.07) is 13.5. The molecule has 0 radical (unpaired) electrons. The Kier molecular flexibility index (Phi) is 7.96. The Hall–Kier alpha value is -4.90. The summed E-state index contributed by atoms with van der Waals surface area (Å²) in [4.78, 5) is 39.9. The van der Waals surface area contributed by atoms with Crippen LogP contribution in [0.3, 0.4) is 0 Å². The van der Waals surface area contributed by atoms with E-state index in [2.05, 4.69) is 31.1 Å². The minimum absolute atomic E-state index is 0.0931. The van der Waals surface area contributed by atoms with Gasteiger partial charge in [-0.25, -0.2) is 9.78 Å². The molecule has 0 bridgehead atoms. The Morgan fingerprint density at radius 3 is 2.51 bits per heavy atom. The summed E-state index contributed by atoms with van der Waals surface area (Å²) in [5.74, 6) is -2.04. The van der Waals surface area contributed by atoms with Crippen molar-refractivity contribution in [1.29, 1.82) is 0 Å². The maximum Gasteiger partial charge on any atom is 0.335 e. The lowest BCUT2D eigenvalue weighted by Gasteiger charge is -2.18. The number of carbonyl (C=O) groups excluding carboxylic acids is 2. The van der Waals surface area contributed by atoms with Gasteiger partial charge in [0.25, 0.3) is 0 Å². The van der Waals surface area contributed by atoms with Gasteiger partial charge in [-0.1, -0.05) is 11.6 Å². The number of anilines is 1. The number of aromatic nitrogens is 5. The molecule has 2 heterocycles. The molecule has 1 atom stereocenters. The zero-order chi connectivity index (χ0) is 26.2. The lowest BCUT2D eigenvalue weighted by molar-refractivity contribution is -0.378. The second-order valence-corrected chi connectivity index (χ2v) is 8.27. The van der Waals surface area contributed by atoms with Gasteiger partial charge in [-0.15, -0.1) is 5.10 Å². The third-order valence-electron chi connectivity index (χ3n) is 5.26. The van der Waals surface area contributed by atoms with Crippen LogP contribution in [-0.2, 0) is 16.0 Å². The summed E-state index contributed by atoms with van der Waals surface area (Å²) in [5, 5.41) is 26.1. The van der Waals surface area contributed by atoms with Crippen LogP contribution in [0.2, 0.25) is 5.02 Å². The van der Waals surface area contributed by atoms with Crippen molar-refractivity contribution in [2.45, 2.75) is 12.5 Å². The number of benzene rings is 2. The van der Waals surface area contributed by atoms with E-state index in [-0.39, 0.29) is 12.0 Å². The highest BCUT2D eigenvalue weighted by atomic mass is 35.5. The van der Waals surface area contributed by atoms with Crippen LogP contribution in [0.15, 0.2) is 79.4 Å². The Labute approximate surface area is 215 Å². The third kappa shape index (κ3) is 6.83. The van der Waals surface area contributed by atoms with E-state index in [9.17, 15) is 14.4 Å². The summed E-state index contributed by atoms with van der Waals surface area (Å²) in [6.45, 7) is 0. The highest BCUT2D eigenvalue weighted by molar-refractivity contribution is 6.30. The molecule has 4 rings (SSSR count). The standard InChI is InChI=1S/C25H20ClN7O4/c26-19-4-7-22(33-15-28-31-32-33)18(14-19)3-8-23(34)30-21(13-16-9-11-27-12-10-16)24(35)29-20-5-1-17(2-6-20)25(36)37/h1-12,14-15,21H,13H2,(H,29,35)(H,30,34)(H,36,37)/p+1/b8-3+/t21-/m0/s1. The molecule has 2 aromatic carbocycles. The summed E-state index contributed by atoms with van der Waals surface area (Å²) >= 11 is 6.13. The number of rotatable bonds is 9. The highest BCUT2D eigenvalue weighted by Crippen LogP contribution is 2.20. The predicted molar refractivity (Wildman–Crippen MR) is 134 cm³/mol. The second kappa shape index (κ2) is 11.7. The van der Waals surface area contributed by atoms with Crippen molar-refractivity contribution in [3.63, 3.8) is 0 Å². The maximum atomic E-state index is 13.1. The van der Waals surface area contributed by atoms with Crippen LogP contribution < -0.4 is 15.6 Å². The molecule has 0 aliphatic carbocycles. The molecule has 0 saturated heterocycles. The van der Waals surface area contributed by atoms with Crippen molar-refractivity contribution in [2.24, 2.45) is 0 Å². The maximum absolute atomic E-state index is 13.1. The fraction of sp³-hybridized carbons (Fsp3) is 0.0800. The first-order chi connectivity index (χ1) is 17.9. The number of nitrogens with zero attached hydrogens (tertiary/aromatic N) is 4. The van der Waals surface area contributed by atoms with Gasteiger partial charge in [0, 0.05) is 40.9 Å². The van der Waals surface area contributed by atoms with Gasteiger partial charge in [0.2, 0.25) is 11.8 Å². The minimum Gasteiger partial charge on any atom is -0.478 e. The molecule has 0 fully saturated rings. The Morgan fingerprint density at radius 1 is 1.08 bits per heavy atom. The molecule has 0 spiro atoms. The van der Waals surface area contributed by atoms with Gasteiger partial charge >= 0.3 is 5.97 Å². The number of amides is 2. The van der Waals surface area contributed by atoms with Crippen molar-refractivity contribution in [1.82, 2.24) is 25.5 Å². The van der Waals surface area contributed by atoms with E-state index in [1.165, 1.54) is 41.4 Å². The zero-order valence-corrected chi connectivity index (χ0v) is 20.0. The van der Waals surface area contributed by atoms with Gasteiger partial charge in [0.05, 0.1) is 11.3 Å². The quantitative estimate of drug-likeness (QED) is 0.287. The van der Waals surface area contributed by atoms with E-state index in [4.69, 9.17) is 16.7 Å². The van der Waals surface area contributed by atoms with Crippen LogP contribution in [0.4, 0.5) is 5.69 Å². The van der Waals surface area contributed by atoms with Gasteiger partial charge in [0.15, 0.2) is 12.4 Å². The zero-order valence-electron chi connectivity index (χ0n) is 19.2. The van der Waals surface area contributed by atoms with Gasteiger partial charge < -0.3 is 15.7 Å². The molecule has 12 heteroatoms. The van der Waals surface area contributed by atoms with Crippen molar-refractivity contribution < 1.29 is 24.5 Å². The number of nitrogens with one attached hydrogen (secondary N) is 3. The molecule has 4 aromatic rings. The Morgan fingerprint density at radius 2 is 1.84 bits per heavy atom. The smallest absolute Gasteiger partial charge is 0.335 e. The molecule has 0 saturated carbocycles. The molecule has 2 aromatic heterocycles. The van der Waals surface area contributed by atoms with Crippen LogP contribution in [0, 0.1) is 0 Å². The number of H-pyrrole nitrogens is 1. The number of carboxylic acid groups (broad SMARTS) is 1. The molecule has 4 N–H and O–H groups in total. The number of halogens is 1. The van der Waals surface area contributed by atoms with E-state index in [0.717, 1.165) is 5.56 Å². The lowest BCUT2D eigenvalue weighted by atomic mass is 10.1. The van der Waals surface area contributed by atoms with Crippen LogP contribution in [-0.4, -0.2) is 49.1 Å². The SMILES string of the molecule is O=C(/C=C/c1cc(Cl)ccc1-n1cnnn1)N[C@@H](Cc1cc[nH+]cc1)C(=O)Nc1ccc(C(=O)O)cc1. The molecule has 11 nitrogen and oxygen atoms in total. The van der Waals surface area contributed by atoms with Crippen LogP contribution in [0.5, 0.6) is 0 Å². The Bertz CT molecular complexity index is 1430. The topological polar surface area (TPSA) is 153 Å². The molecule has 0 aliphatic rings. The van der Waals surface area contributed by atoms with Crippen LogP contribution in [0.1, 0.15) is 21.5 Å². The number of hydrogen-bond acceptors (Lipinski definition) is 6.